The lowest BCUT2D eigenvalue weighted by Gasteiger charge is -2.29. The van der Waals surface area contributed by atoms with E-state index >= 15 is 0 Å². The molecule has 0 saturated carbocycles. The highest BCUT2D eigenvalue weighted by Crippen LogP contribution is 1.96. The number of carbonyl (C=O) groups is 1. The molecular formula is C7H16N4O. The summed E-state index contributed by atoms with van der Waals surface area (Å²) in [5.41, 5.74) is 5.31. The van der Waals surface area contributed by atoms with Gasteiger partial charge in [0.25, 0.3) is 0 Å². The van der Waals surface area contributed by atoms with Gasteiger partial charge < -0.3 is 11.1 Å². The number of rotatable bonds is 3. The summed E-state index contributed by atoms with van der Waals surface area (Å²) in [4.78, 5) is 11.0. The summed E-state index contributed by atoms with van der Waals surface area (Å²) in [5.74, 6) is 0.0794. The summed E-state index contributed by atoms with van der Waals surface area (Å²) in [7, 11) is 0. The molecule has 70 valence electrons. The van der Waals surface area contributed by atoms with Crippen LogP contribution in [0.15, 0.2) is 0 Å². The lowest BCUT2D eigenvalue weighted by atomic mass is 10.2. The molecule has 0 aromatic carbocycles. The van der Waals surface area contributed by atoms with Crippen LogP contribution >= 0.6 is 0 Å². The third kappa shape index (κ3) is 2.77. The summed E-state index contributed by atoms with van der Waals surface area (Å²) >= 11 is 0. The molecule has 0 aliphatic carbocycles. The lowest BCUT2D eigenvalue weighted by Crippen LogP contribution is -2.62. The smallest absolute Gasteiger partial charge is 0.223 e. The van der Waals surface area contributed by atoms with Crippen LogP contribution in [0, 0.1) is 0 Å². The van der Waals surface area contributed by atoms with E-state index in [1.54, 1.807) is 0 Å². The van der Waals surface area contributed by atoms with Crippen LogP contribution in [0.1, 0.15) is 13.3 Å². The molecule has 0 aromatic rings. The fourth-order valence-corrected chi connectivity index (χ4v) is 1.22. The Morgan fingerprint density at radius 2 is 2.50 bits per heavy atom. The van der Waals surface area contributed by atoms with Gasteiger partial charge in [0.1, 0.15) is 6.29 Å². The second-order valence-electron chi connectivity index (χ2n) is 3.02. The van der Waals surface area contributed by atoms with E-state index in [0.717, 1.165) is 0 Å². The number of hydrogen-bond acceptors (Lipinski definition) is 4. The molecule has 1 amide bonds. The zero-order chi connectivity index (χ0) is 8.97. The first-order chi connectivity index (χ1) is 5.72. The molecule has 0 bridgehead atoms. The average Bonchev–Trinajstić information content (AvgIpc) is 1.99. The van der Waals surface area contributed by atoms with Crippen LogP contribution in [0.5, 0.6) is 0 Å². The fraction of sp³-hybridized carbons (Fsp3) is 0.857. The Kier molecular flexibility index (Phi) is 3.46. The van der Waals surface area contributed by atoms with Crippen LogP contribution in [0.2, 0.25) is 0 Å². The van der Waals surface area contributed by atoms with Gasteiger partial charge in [-0.2, -0.15) is 0 Å². The minimum absolute atomic E-state index is 0.0794. The first-order valence-corrected chi connectivity index (χ1v) is 4.21. The van der Waals surface area contributed by atoms with Crippen molar-refractivity contribution in [2.24, 2.45) is 5.73 Å². The van der Waals surface area contributed by atoms with Crippen LogP contribution in [-0.2, 0) is 4.79 Å². The topological polar surface area (TPSA) is 79.2 Å². The van der Waals surface area contributed by atoms with E-state index in [1.807, 2.05) is 6.92 Å². The zero-order valence-corrected chi connectivity index (χ0v) is 7.26. The van der Waals surface area contributed by atoms with Crippen molar-refractivity contribution in [1.82, 2.24) is 16.0 Å². The highest BCUT2D eigenvalue weighted by Gasteiger charge is 2.21. The van der Waals surface area contributed by atoms with Crippen molar-refractivity contribution in [3.8, 4) is 0 Å². The Labute approximate surface area is 72.1 Å². The van der Waals surface area contributed by atoms with Gasteiger partial charge in [-0.05, 0) is 6.92 Å². The third-order valence-electron chi connectivity index (χ3n) is 1.74. The normalized spacial score (nSPS) is 30.0. The van der Waals surface area contributed by atoms with E-state index in [4.69, 9.17) is 5.73 Å². The Balaban J connectivity index is 2.29. The number of amides is 1. The SMILES string of the molecule is CC1CC(=O)NC(NCCN)N1. The Morgan fingerprint density at radius 1 is 1.75 bits per heavy atom. The van der Waals surface area contributed by atoms with E-state index in [-0.39, 0.29) is 18.2 Å². The van der Waals surface area contributed by atoms with E-state index in [0.29, 0.717) is 19.5 Å². The predicted octanol–water partition coefficient (Wildman–Crippen LogP) is -1.68. The monoisotopic (exact) mass is 172 g/mol. The van der Waals surface area contributed by atoms with Gasteiger partial charge in [-0.25, -0.2) is 0 Å². The van der Waals surface area contributed by atoms with Crippen LogP contribution in [-0.4, -0.2) is 31.3 Å². The highest BCUT2D eigenvalue weighted by molar-refractivity contribution is 5.77. The Morgan fingerprint density at radius 3 is 3.08 bits per heavy atom. The number of nitrogens with two attached hydrogens (primary N) is 1. The number of hydrogen-bond donors (Lipinski definition) is 4. The van der Waals surface area contributed by atoms with Gasteiger partial charge in [0.05, 0.1) is 0 Å². The molecule has 1 heterocycles. The molecule has 12 heavy (non-hydrogen) atoms. The van der Waals surface area contributed by atoms with E-state index in [2.05, 4.69) is 16.0 Å². The van der Waals surface area contributed by atoms with Crippen LogP contribution in [0.25, 0.3) is 0 Å². The minimum Gasteiger partial charge on any atom is -0.329 e. The Bertz CT molecular complexity index is 161. The molecule has 1 fully saturated rings. The highest BCUT2D eigenvalue weighted by atomic mass is 16.2. The maximum absolute atomic E-state index is 11.0. The van der Waals surface area contributed by atoms with Gasteiger partial charge >= 0.3 is 0 Å². The minimum atomic E-state index is -0.121. The number of carbonyl (C=O) groups excluding carboxylic acids is 1. The first kappa shape index (κ1) is 9.44. The predicted molar refractivity (Wildman–Crippen MR) is 46.2 cm³/mol. The van der Waals surface area contributed by atoms with E-state index in [1.165, 1.54) is 0 Å². The molecule has 1 aliphatic heterocycles. The van der Waals surface area contributed by atoms with Gasteiger partial charge in [-0.15, -0.1) is 0 Å². The van der Waals surface area contributed by atoms with Crippen molar-refractivity contribution in [2.75, 3.05) is 13.1 Å². The molecule has 5 N–H and O–H groups in total. The second kappa shape index (κ2) is 4.39. The van der Waals surface area contributed by atoms with Crippen molar-refractivity contribution in [3.05, 3.63) is 0 Å². The van der Waals surface area contributed by atoms with Crippen molar-refractivity contribution in [1.29, 1.82) is 0 Å². The molecule has 5 heteroatoms. The van der Waals surface area contributed by atoms with Gasteiger partial charge in [-0.1, -0.05) is 0 Å². The van der Waals surface area contributed by atoms with E-state index < -0.39 is 0 Å². The maximum Gasteiger partial charge on any atom is 0.223 e. The molecule has 2 unspecified atom stereocenters. The van der Waals surface area contributed by atoms with Crippen molar-refractivity contribution in [3.63, 3.8) is 0 Å². The molecule has 2 atom stereocenters. The fourth-order valence-electron chi connectivity index (χ4n) is 1.22. The summed E-state index contributed by atoms with van der Waals surface area (Å²) in [6.45, 7) is 3.25. The zero-order valence-electron chi connectivity index (χ0n) is 7.26. The molecule has 1 aliphatic rings. The van der Waals surface area contributed by atoms with Gasteiger partial charge in [0.15, 0.2) is 0 Å². The molecule has 5 nitrogen and oxygen atoms in total. The quantitative estimate of drug-likeness (QED) is 0.410. The molecule has 1 rings (SSSR count). The van der Waals surface area contributed by atoms with Crippen molar-refractivity contribution >= 4 is 5.91 Å². The van der Waals surface area contributed by atoms with Crippen LogP contribution in [0.3, 0.4) is 0 Å². The summed E-state index contributed by atoms with van der Waals surface area (Å²) in [5, 5.41) is 9.01. The van der Waals surface area contributed by atoms with E-state index in [9.17, 15) is 4.79 Å². The summed E-state index contributed by atoms with van der Waals surface area (Å²) < 4.78 is 0. The van der Waals surface area contributed by atoms with Gasteiger partial charge in [0.2, 0.25) is 5.91 Å². The second-order valence-corrected chi connectivity index (χ2v) is 3.02. The maximum atomic E-state index is 11.0. The Hall–Kier alpha value is -0.650. The largest absolute Gasteiger partial charge is 0.329 e. The first-order valence-electron chi connectivity index (χ1n) is 4.21. The molecule has 0 radical (unpaired) electrons. The average molecular weight is 172 g/mol. The van der Waals surface area contributed by atoms with Crippen LogP contribution in [0.4, 0.5) is 0 Å². The lowest BCUT2D eigenvalue weighted by molar-refractivity contribution is -0.124. The van der Waals surface area contributed by atoms with Crippen LogP contribution < -0.4 is 21.7 Å². The molecule has 1 saturated heterocycles. The number of nitrogens with one attached hydrogen (secondary N) is 3. The summed E-state index contributed by atoms with van der Waals surface area (Å²) in [6, 6.07) is 0.231. The van der Waals surface area contributed by atoms with Gasteiger partial charge in [-0.3, -0.25) is 15.4 Å². The van der Waals surface area contributed by atoms with Crippen molar-refractivity contribution in [2.45, 2.75) is 25.7 Å². The molecule has 0 aromatic heterocycles. The molecule has 0 spiro atoms. The summed E-state index contributed by atoms with van der Waals surface area (Å²) in [6.07, 6.45) is 0.422. The molecular weight excluding hydrogens is 156 g/mol. The van der Waals surface area contributed by atoms with Gasteiger partial charge in [0, 0.05) is 25.6 Å². The van der Waals surface area contributed by atoms with Crippen molar-refractivity contribution < 1.29 is 4.79 Å². The third-order valence-corrected chi connectivity index (χ3v) is 1.74. The standard InChI is InChI=1S/C7H16N4O/c1-5-4-6(12)11-7(10-5)9-3-2-8/h5,7,9-10H,2-4,8H2,1H3,(H,11,12).